The monoisotopic (exact) mass is 453 g/mol. The fraction of sp³-hybridized carbons (Fsp3) is 0.350. The quantitative estimate of drug-likeness (QED) is 0.628. The molecule has 0 aliphatic carbocycles. The first-order chi connectivity index (χ1) is 14.0. The van der Waals surface area contributed by atoms with Gasteiger partial charge in [-0.15, -0.1) is 0 Å². The van der Waals surface area contributed by atoms with Gasteiger partial charge in [-0.25, -0.2) is 16.8 Å². The Hall–Kier alpha value is -2.43. The van der Waals surface area contributed by atoms with Gasteiger partial charge in [0.05, 0.1) is 16.8 Å². The molecule has 0 aliphatic heterocycles. The molecule has 0 bridgehead atoms. The Morgan fingerprint density at radius 2 is 1.43 bits per heavy atom. The van der Waals surface area contributed by atoms with Crippen molar-refractivity contribution in [1.82, 2.24) is 4.31 Å². The van der Waals surface area contributed by atoms with Crippen LogP contribution in [0.25, 0.3) is 0 Å². The Labute approximate surface area is 178 Å². The van der Waals surface area contributed by atoms with Crippen LogP contribution in [0, 0.1) is 6.92 Å². The van der Waals surface area contributed by atoms with Gasteiger partial charge in [0, 0.05) is 18.8 Å². The first-order valence-corrected chi connectivity index (χ1v) is 12.7. The fourth-order valence-corrected chi connectivity index (χ4v) is 5.18. The third-order valence-electron chi connectivity index (χ3n) is 4.49. The van der Waals surface area contributed by atoms with Crippen LogP contribution in [0.2, 0.25) is 0 Å². The maximum atomic E-state index is 12.5. The van der Waals surface area contributed by atoms with Crippen molar-refractivity contribution in [2.24, 2.45) is 0 Å². The number of carbonyl (C=O) groups is 1. The standard InChI is InChI=1S/C20H27N3O5S2/c1-5-22(6-2)30(27,28)19-13-9-17(10-14-19)21-20(24)15-23(29(4,25)26)18-11-7-16(3)8-12-18/h7-14H,5-6,15H2,1-4H3,(H,21,24). The van der Waals surface area contributed by atoms with Gasteiger partial charge in [0.2, 0.25) is 26.0 Å². The molecular formula is C20H27N3O5S2. The molecule has 0 fully saturated rings. The van der Waals surface area contributed by atoms with Gasteiger partial charge in [0.15, 0.2) is 0 Å². The summed E-state index contributed by atoms with van der Waals surface area (Å²) in [4.78, 5) is 12.6. The van der Waals surface area contributed by atoms with Gasteiger partial charge >= 0.3 is 0 Å². The lowest BCUT2D eigenvalue weighted by molar-refractivity contribution is -0.114. The molecule has 0 spiro atoms. The van der Waals surface area contributed by atoms with E-state index in [0.29, 0.717) is 24.5 Å². The smallest absolute Gasteiger partial charge is 0.245 e. The van der Waals surface area contributed by atoms with Gasteiger partial charge in [-0.3, -0.25) is 9.10 Å². The minimum atomic E-state index is -3.67. The molecule has 10 heteroatoms. The molecule has 8 nitrogen and oxygen atoms in total. The van der Waals surface area contributed by atoms with Crippen molar-refractivity contribution in [2.45, 2.75) is 25.7 Å². The van der Waals surface area contributed by atoms with Gasteiger partial charge in [-0.2, -0.15) is 4.31 Å². The van der Waals surface area contributed by atoms with Crippen LogP contribution in [-0.2, 0) is 24.8 Å². The van der Waals surface area contributed by atoms with Crippen molar-refractivity contribution in [2.75, 3.05) is 35.5 Å². The number of hydrogen-bond acceptors (Lipinski definition) is 5. The van der Waals surface area contributed by atoms with Crippen LogP contribution in [-0.4, -0.2) is 52.9 Å². The number of aryl methyl sites for hydroxylation is 1. The Morgan fingerprint density at radius 1 is 0.900 bits per heavy atom. The zero-order valence-electron chi connectivity index (χ0n) is 17.5. The number of nitrogens with zero attached hydrogens (tertiary/aromatic N) is 2. The second kappa shape index (κ2) is 9.59. The average Bonchev–Trinajstić information content (AvgIpc) is 2.67. The number of nitrogens with one attached hydrogen (secondary N) is 1. The lowest BCUT2D eigenvalue weighted by Gasteiger charge is -2.22. The molecule has 0 radical (unpaired) electrons. The summed E-state index contributed by atoms with van der Waals surface area (Å²) in [5.74, 6) is -0.541. The molecule has 0 aliphatic rings. The lowest BCUT2D eigenvalue weighted by Crippen LogP contribution is -2.37. The fourth-order valence-electron chi connectivity index (χ4n) is 2.86. The minimum absolute atomic E-state index is 0.126. The van der Waals surface area contributed by atoms with Crippen LogP contribution < -0.4 is 9.62 Å². The van der Waals surface area contributed by atoms with Crippen molar-refractivity contribution >= 4 is 37.3 Å². The van der Waals surface area contributed by atoms with Gasteiger partial charge in [-0.05, 0) is 43.3 Å². The molecule has 2 rings (SSSR count). The summed E-state index contributed by atoms with van der Waals surface area (Å²) in [7, 11) is -7.26. The Kier molecular flexibility index (Phi) is 7.62. The van der Waals surface area contributed by atoms with Crippen molar-refractivity contribution in [3.05, 3.63) is 54.1 Å². The molecule has 0 atom stereocenters. The van der Waals surface area contributed by atoms with Gasteiger partial charge in [0.25, 0.3) is 0 Å². The molecule has 2 aromatic carbocycles. The highest BCUT2D eigenvalue weighted by atomic mass is 32.2. The summed E-state index contributed by atoms with van der Waals surface area (Å²) < 4.78 is 51.7. The van der Waals surface area contributed by atoms with Crippen LogP contribution in [0.3, 0.4) is 0 Å². The van der Waals surface area contributed by atoms with Gasteiger partial charge in [-0.1, -0.05) is 31.5 Å². The zero-order chi connectivity index (χ0) is 22.5. The number of rotatable bonds is 9. The van der Waals surface area contributed by atoms with E-state index >= 15 is 0 Å². The van der Waals surface area contributed by atoms with E-state index in [-0.39, 0.29) is 4.90 Å². The number of benzene rings is 2. The maximum Gasteiger partial charge on any atom is 0.245 e. The molecule has 2 aromatic rings. The molecular weight excluding hydrogens is 426 g/mol. The van der Waals surface area contributed by atoms with Gasteiger partial charge in [0.1, 0.15) is 6.54 Å². The highest BCUT2D eigenvalue weighted by molar-refractivity contribution is 7.92. The van der Waals surface area contributed by atoms with Crippen molar-refractivity contribution in [3.8, 4) is 0 Å². The normalized spacial score (nSPS) is 12.0. The molecule has 164 valence electrons. The molecule has 1 N–H and O–H groups in total. The summed E-state index contributed by atoms with van der Waals surface area (Å²) in [6, 6.07) is 12.6. The predicted molar refractivity (Wildman–Crippen MR) is 119 cm³/mol. The first kappa shape index (κ1) is 23.8. The molecule has 0 heterocycles. The molecule has 0 unspecified atom stereocenters. The van der Waals surface area contributed by atoms with Gasteiger partial charge < -0.3 is 5.32 Å². The lowest BCUT2D eigenvalue weighted by atomic mass is 10.2. The van der Waals surface area contributed by atoms with Crippen molar-refractivity contribution in [3.63, 3.8) is 0 Å². The number of amides is 1. The number of hydrogen-bond donors (Lipinski definition) is 1. The summed E-state index contributed by atoms with van der Waals surface area (Å²) in [5.41, 5.74) is 1.73. The highest BCUT2D eigenvalue weighted by Gasteiger charge is 2.23. The molecule has 0 saturated carbocycles. The van der Waals surface area contributed by atoms with E-state index in [9.17, 15) is 21.6 Å². The molecule has 0 aromatic heterocycles. The average molecular weight is 454 g/mol. The van der Waals surface area contributed by atoms with Crippen LogP contribution in [0.1, 0.15) is 19.4 Å². The third-order valence-corrected chi connectivity index (χ3v) is 7.70. The summed E-state index contributed by atoms with van der Waals surface area (Å²) in [6.07, 6.45) is 1.03. The van der Waals surface area contributed by atoms with E-state index in [4.69, 9.17) is 0 Å². The van der Waals surface area contributed by atoms with E-state index in [1.54, 1.807) is 38.1 Å². The van der Waals surface area contributed by atoms with E-state index in [2.05, 4.69) is 5.32 Å². The van der Waals surface area contributed by atoms with Crippen LogP contribution >= 0.6 is 0 Å². The molecule has 1 amide bonds. The second-order valence-electron chi connectivity index (χ2n) is 6.77. The first-order valence-electron chi connectivity index (χ1n) is 9.43. The number of sulfonamides is 2. The predicted octanol–water partition coefficient (Wildman–Crippen LogP) is 2.43. The van der Waals surface area contributed by atoms with E-state index in [1.807, 2.05) is 6.92 Å². The maximum absolute atomic E-state index is 12.5. The van der Waals surface area contributed by atoms with Crippen molar-refractivity contribution in [1.29, 1.82) is 0 Å². The van der Waals surface area contributed by atoms with E-state index in [0.717, 1.165) is 16.1 Å². The third kappa shape index (κ3) is 5.80. The van der Waals surface area contributed by atoms with Crippen molar-refractivity contribution < 1.29 is 21.6 Å². The van der Waals surface area contributed by atoms with E-state index < -0.39 is 32.5 Å². The minimum Gasteiger partial charge on any atom is -0.325 e. The second-order valence-corrected chi connectivity index (χ2v) is 10.6. The van der Waals surface area contributed by atoms with Crippen LogP contribution in [0.4, 0.5) is 11.4 Å². The number of carbonyl (C=O) groups excluding carboxylic acids is 1. The SMILES string of the molecule is CCN(CC)S(=O)(=O)c1ccc(NC(=O)CN(c2ccc(C)cc2)S(C)(=O)=O)cc1. The van der Waals surface area contributed by atoms with Crippen LogP contribution in [0.5, 0.6) is 0 Å². The Balaban J connectivity index is 2.16. The molecule has 30 heavy (non-hydrogen) atoms. The summed E-state index contributed by atoms with van der Waals surface area (Å²) >= 11 is 0. The highest BCUT2D eigenvalue weighted by Crippen LogP contribution is 2.20. The molecule has 0 saturated heterocycles. The Morgan fingerprint density at radius 3 is 1.90 bits per heavy atom. The number of anilines is 2. The summed E-state index contributed by atoms with van der Waals surface area (Å²) in [5, 5.41) is 2.61. The topological polar surface area (TPSA) is 104 Å². The Bertz CT molecular complexity index is 1080. The largest absolute Gasteiger partial charge is 0.325 e. The van der Waals surface area contributed by atoms with Crippen LogP contribution in [0.15, 0.2) is 53.4 Å². The van der Waals surface area contributed by atoms with E-state index in [1.165, 1.54) is 28.6 Å². The summed E-state index contributed by atoms with van der Waals surface area (Å²) in [6.45, 7) is 5.72. The zero-order valence-corrected chi connectivity index (χ0v) is 19.1.